The first-order valence-electron chi connectivity index (χ1n) is 10.5. The third-order valence-corrected chi connectivity index (χ3v) is 6.11. The molecule has 1 amide bonds. The molecule has 1 heterocycles. The van der Waals surface area contributed by atoms with Crippen LogP contribution in [0.4, 0.5) is 5.69 Å². The third kappa shape index (κ3) is 6.48. The van der Waals surface area contributed by atoms with Gasteiger partial charge in [0.05, 0.1) is 6.54 Å². The normalized spacial score (nSPS) is 19.4. The van der Waals surface area contributed by atoms with E-state index in [1.165, 1.54) is 38.5 Å². The van der Waals surface area contributed by atoms with Gasteiger partial charge in [0, 0.05) is 11.7 Å². The van der Waals surface area contributed by atoms with Crippen molar-refractivity contribution in [3.63, 3.8) is 0 Å². The molecule has 3 rings (SSSR count). The number of nitrogens with zero attached hydrogens (tertiary/aromatic N) is 2. The Balaban J connectivity index is 0.00000261. The molecule has 5 heteroatoms. The Morgan fingerprint density at radius 1 is 1.07 bits per heavy atom. The van der Waals surface area contributed by atoms with E-state index in [0.717, 1.165) is 44.1 Å². The highest BCUT2D eigenvalue weighted by Gasteiger charge is 2.29. The molecule has 152 valence electrons. The zero-order valence-corrected chi connectivity index (χ0v) is 17.6. The number of benzene rings is 1. The van der Waals surface area contributed by atoms with Crippen molar-refractivity contribution in [2.24, 2.45) is 5.92 Å². The van der Waals surface area contributed by atoms with Crippen LogP contribution in [0.2, 0.25) is 0 Å². The minimum absolute atomic E-state index is 0. The van der Waals surface area contributed by atoms with Gasteiger partial charge in [0.25, 0.3) is 0 Å². The summed E-state index contributed by atoms with van der Waals surface area (Å²) in [6.45, 7) is 3.80. The van der Waals surface area contributed by atoms with E-state index in [1.54, 1.807) is 0 Å². The number of hydrogen-bond acceptors (Lipinski definition) is 3. The first-order chi connectivity index (χ1) is 12.8. The lowest BCUT2D eigenvalue weighted by molar-refractivity contribution is -0.120. The second-order valence-corrected chi connectivity index (χ2v) is 8.00. The third-order valence-electron chi connectivity index (χ3n) is 6.11. The van der Waals surface area contributed by atoms with Crippen molar-refractivity contribution in [2.45, 2.75) is 57.4 Å². The van der Waals surface area contributed by atoms with Crippen LogP contribution in [0, 0.1) is 5.92 Å². The standard InChI is InChI=1S/C22H35N3O.ClH/c1-23-15-12-19-13-16-24(17-14-19)18-22(26)25(20-8-4-2-5-9-20)21-10-6-3-7-11-21;/h2,4-5,8-9,19,21,23H,3,6-7,10-18H2,1H3;1H. The van der Waals surface area contributed by atoms with Crippen molar-refractivity contribution in [3.8, 4) is 0 Å². The molecule has 4 nitrogen and oxygen atoms in total. The smallest absolute Gasteiger partial charge is 0.241 e. The summed E-state index contributed by atoms with van der Waals surface area (Å²) < 4.78 is 0. The highest BCUT2D eigenvalue weighted by Crippen LogP contribution is 2.28. The molecular formula is C22H36ClN3O. The molecule has 0 unspecified atom stereocenters. The fourth-order valence-electron chi connectivity index (χ4n) is 4.54. The van der Waals surface area contributed by atoms with Crippen molar-refractivity contribution in [1.82, 2.24) is 10.2 Å². The number of nitrogens with one attached hydrogen (secondary N) is 1. The monoisotopic (exact) mass is 393 g/mol. The van der Waals surface area contributed by atoms with Crippen molar-refractivity contribution < 1.29 is 4.79 Å². The molecule has 1 saturated carbocycles. The van der Waals surface area contributed by atoms with E-state index in [1.807, 2.05) is 25.2 Å². The molecule has 0 bridgehead atoms. The second-order valence-electron chi connectivity index (χ2n) is 8.00. The zero-order valence-electron chi connectivity index (χ0n) is 16.7. The summed E-state index contributed by atoms with van der Waals surface area (Å²) in [4.78, 5) is 17.7. The number of likely N-dealkylation sites (tertiary alicyclic amines) is 1. The van der Waals surface area contributed by atoms with Crippen molar-refractivity contribution in [2.75, 3.05) is 38.1 Å². The molecular weight excluding hydrogens is 358 g/mol. The lowest BCUT2D eigenvalue weighted by Gasteiger charge is -2.37. The Morgan fingerprint density at radius 3 is 2.37 bits per heavy atom. The fraction of sp³-hybridized carbons (Fsp3) is 0.682. The van der Waals surface area contributed by atoms with Gasteiger partial charge in [0.15, 0.2) is 0 Å². The minimum Gasteiger partial charge on any atom is -0.320 e. The molecule has 0 aromatic heterocycles. The lowest BCUT2D eigenvalue weighted by atomic mass is 9.92. The molecule has 27 heavy (non-hydrogen) atoms. The molecule has 2 aliphatic rings. The van der Waals surface area contributed by atoms with Crippen LogP contribution in [0.5, 0.6) is 0 Å². The number of carbonyl (C=O) groups is 1. The molecule has 2 fully saturated rings. The van der Waals surface area contributed by atoms with Crippen LogP contribution in [0.25, 0.3) is 0 Å². The first-order valence-corrected chi connectivity index (χ1v) is 10.5. The summed E-state index contributed by atoms with van der Waals surface area (Å²) in [7, 11) is 2.03. The van der Waals surface area contributed by atoms with Gasteiger partial charge in [-0.15, -0.1) is 12.4 Å². The molecule has 0 atom stereocenters. The first kappa shape index (κ1) is 22.2. The number of anilines is 1. The van der Waals surface area contributed by atoms with Crippen LogP contribution in [-0.4, -0.2) is 50.1 Å². The maximum absolute atomic E-state index is 13.2. The minimum atomic E-state index is 0. The SMILES string of the molecule is CNCCC1CCN(CC(=O)N(c2ccccc2)C2CCCCC2)CC1.Cl. The van der Waals surface area contributed by atoms with Crippen LogP contribution < -0.4 is 10.2 Å². The Kier molecular flexibility index (Phi) is 9.60. The Morgan fingerprint density at radius 2 is 1.74 bits per heavy atom. The molecule has 1 aliphatic carbocycles. The maximum atomic E-state index is 13.2. The Labute approximate surface area is 171 Å². The van der Waals surface area contributed by atoms with Gasteiger partial charge in [-0.3, -0.25) is 9.69 Å². The summed E-state index contributed by atoms with van der Waals surface area (Å²) in [6.07, 6.45) is 9.81. The van der Waals surface area contributed by atoms with E-state index in [4.69, 9.17) is 0 Å². The topological polar surface area (TPSA) is 35.6 Å². The summed E-state index contributed by atoms with van der Waals surface area (Å²) in [5, 5.41) is 3.25. The molecule has 0 spiro atoms. The van der Waals surface area contributed by atoms with Crippen LogP contribution in [-0.2, 0) is 4.79 Å². The summed E-state index contributed by atoms with van der Waals surface area (Å²) >= 11 is 0. The van der Waals surface area contributed by atoms with Crippen LogP contribution in [0.3, 0.4) is 0 Å². The number of hydrogen-bond donors (Lipinski definition) is 1. The number of amides is 1. The van der Waals surface area contributed by atoms with Crippen molar-refractivity contribution in [3.05, 3.63) is 30.3 Å². The van der Waals surface area contributed by atoms with Gasteiger partial charge in [0.2, 0.25) is 5.91 Å². The van der Waals surface area contributed by atoms with E-state index in [2.05, 4.69) is 27.2 Å². The second kappa shape index (κ2) is 11.7. The Bertz CT molecular complexity index is 540. The van der Waals surface area contributed by atoms with Gasteiger partial charge in [-0.25, -0.2) is 0 Å². The summed E-state index contributed by atoms with van der Waals surface area (Å²) in [6, 6.07) is 10.7. The average Bonchev–Trinajstić information content (AvgIpc) is 2.69. The van der Waals surface area contributed by atoms with E-state index >= 15 is 0 Å². The van der Waals surface area contributed by atoms with E-state index < -0.39 is 0 Å². The number of carbonyl (C=O) groups excluding carboxylic acids is 1. The zero-order chi connectivity index (χ0) is 18.2. The predicted octanol–water partition coefficient (Wildman–Crippen LogP) is 4.10. The number of halogens is 1. The van der Waals surface area contributed by atoms with Gasteiger partial charge in [-0.2, -0.15) is 0 Å². The number of para-hydroxylation sites is 1. The molecule has 1 aromatic carbocycles. The highest BCUT2D eigenvalue weighted by atomic mass is 35.5. The van der Waals surface area contributed by atoms with Crippen molar-refractivity contribution in [1.29, 1.82) is 0 Å². The fourth-order valence-corrected chi connectivity index (χ4v) is 4.54. The van der Waals surface area contributed by atoms with Crippen LogP contribution in [0.1, 0.15) is 51.4 Å². The molecule has 1 N–H and O–H groups in total. The number of piperidine rings is 1. The van der Waals surface area contributed by atoms with Gasteiger partial charge in [0.1, 0.15) is 0 Å². The molecule has 0 radical (unpaired) electrons. The number of rotatable bonds is 7. The summed E-state index contributed by atoms with van der Waals surface area (Å²) in [5.41, 5.74) is 1.08. The average molecular weight is 394 g/mol. The van der Waals surface area contributed by atoms with Gasteiger partial charge < -0.3 is 10.2 Å². The van der Waals surface area contributed by atoms with E-state index in [9.17, 15) is 4.79 Å². The lowest BCUT2D eigenvalue weighted by Crippen LogP contribution is -2.48. The predicted molar refractivity (Wildman–Crippen MR) is 116 cm³/mol. The van der Waals surface area contributed by atoms with Crippen LogP contribution >= 0.6 is 12.4 Å². The van der Waals surface area contributed by atoms with E-state index in [-0.39, 0.29) is 18.3 Å². The molecule has 1 aromatic rings. The van der Waals surface area contributed by atoms with Gasteiger partial charge >= 0.3 is 0 Å². The quantitative estimate of drug-likeness (QED) is 0.757. The Hall–Kier alpha value is -1.10. The van der Waals surface area contributed by atoms with E-state index in [0.29, 0.717) is 12.6 Å². The molecule has 1 aliphatic heterocycles. The van der Waals surface area contributed by atoms with Gasteiger partial charge in [-0.1, -0.05) is 37.5 Å². The highest BCUT2D eigenvalue weighted by molar-refractivity contribution is 5.95. The largest absolute Gasteiger partial charge is 0.320 e. The van der Waals surface area contributed by atoms with Gasteiger partial charge in [-0.05, 0) is 76.8 Å². The van der Waals surface area contributed by atoms with Crippen LogP contribution in [0.15, 0.2) is 30.3 Å². The molecule has 1 saturated heterocycles. The van der Waals surface area contributed by atoms with Crippen molar-refractivity contribution >= 4 is 24.0 Å². The summed E-state index contributed by atoms with van der Waals surface area (Å²) in [5.74, 6) is 1.11. The maximum Gasteiger partial charge on any atom is 0.241 e.